The number of carbonyl (C=O) groups excluding carboxylic acids is 1. The maximum absolute atomic E-state index is 12.1. The Morgan fingerprint density at radius 2 is 1.36 bits per heavy atom. The number of phenolic OH excluding ortho intramolecular Hbond substituents is 1. The molecule has 2 amide bonds. The van der Waals surface area contributed by atoms with E-state index < -0.39 is 24.0 Å². The van der Waals surface area contributed by atoms with Crippen LogP contribution in [-0.4, -0.2) is 39.3 Å². The van der Waals surface area contributed by atoms with E-state index in [0.717, 1.165) is 22.6 Å². The van der Waals surface area contributed by atoms with Crippen LogP contribution in [-0.2, 0) is 17.9 Å². The molecule has 2 aromatic carbocycles. The highest BCUT2D eigenvalue weighted by atomic mass is 16.4. The van der Waals surface area contributed by atoms with Gasteiger partial charge in [0.25, 0.3) is 5.91 Å². The van der Waals surface area contributed by atoms with E-state index >= 15 is 0 Å². The van der Waals surface area contributed by atoms with Gasteiger partial charge in [-0.2, -0.15) is 0 Å². The van der Waals surface area contributed by atoms with Gasteiger partial charge in [0.05, 0.1) is 0 Å². The molecule has 39 heavy (non-hydrogen) atoms. The van der Waals surface area contributed by atoms with E-state index in [4.69, 9.17) is 15.0 Å². The van der Waals surface area contributed by atoms with E-state index in [1.807, 2.05) is 39.0 Å². The quantitative estimate of drug-likeness (QED) is 0.225. The van der Waals surface area contributed by atoms with Crippen molar-refractivity contribution in [2.45, 2.75) is 94.3 Å². The number of hydrogen-bond donors (Lipinski definition) is 6. The number of carboxylic acids is 1. The highest BCUT2D eigenvalue weighted by Gasteiger charge is 2.16. The molecule has 7 N–H and O–H groups in total. The highest BCUT2D eigenvalue weighted by Crippen LogP contribution is 2.13. The smallest absolute Gasteiger partial charge is 0.402 e. The van der Waals surface area contributed by atoms with E-state index in [1.54, 1.807) is 24.3 Å². The average Bonchev–Trinajstić information content (AvgIpc) is 2.85. The summed E-state index contributed by atoms with van der Waals surface area (Å²) in [6, 6.07) is 11.5. The van der Waals surface area contributed by atoms with Gasteiger partial charge in [0.2, 0.25) is 0 Å². The van der Waals surface area contributed by atoms with Gasteiger partial charge in [-0.1, -0.05) is 85.6 Å². The third-order valence-corrected chi connectivity index (χ3v) is 4.64. The molecule has 0 saturated carbocycles. The Kier molecular flexibility index (Phi) is 25.3. The highest BCUT2D eigenvalue weighted by molar-refractivity contribution is 5.97. The van der Waals surface area contributed by atoms with E-state index in [-0.39, 0.29) is 5.75 Å². The number of benzene rings is 2. The largest absolute Gasteiger partial charge is 0.508 e. The lowest BCUT2D eigenvalue weighted by molar-refractivity contribution is -0.138. The monoisotopic (exact) mass is 549 g/mol. The number of nitrogens with two attached hydrogens (primary N) is 1. The van der Waals surface area contributed by atoms with Gasteiger partial charge in [-0.15, -0.1) is 0 Å². The molecule has 1 unspecified atom stereocenters. The summed E-state index contributed by atoms with van der Waals surface area (Å²) in [6.07, 6.45) is 1.22. The lowest BCUT2D eigenvalue weighted by Crippen LogP contribution is -2.38. The second-order valence-corrected chi connectivity index (χ2v) is 8.80. The van der Waals surface area contributed by atoms with Gasteiger partial charge in [0.1, 0.15) is 11.8 Å². The maximum atomic E-state index is 12.1. The SMILES string of the molecule is CC.CCC.CCC(C)C.Cc1cc(CNCc2cccc(O)c2)ccc1C(=O)NC(C)C(=O)O.NC(=O)O. The van der Waals surface area contributed by atoms with Crippen LogP contribution in [0.25, 0.3) is 0 Å². The predicted octanol–water partition coefficient (Wildman–Crippen LogP) is 6.31. The van der Waals surface area contributed by atoms with Crippen molar-refractivity contribution in [2.24, 2.45) is 11.7 Å². The molecule has 2 rings (SSSR count). The standard InChI is InChI=1S/C19H22N2O4.C5H12.C3H8.C2H6.CH3NO2/c1-12-8-15(11-20-10-14-4-3-5-16(22)9-14)6-7-17(12)18(23)21-13(2)19(24)25;1-4-5(2)3;1-3-2;1-2;2-1(3)4/h3-9,13,20,22H,10-11H2,1-2H3,(H,21,23)(H,24,25);5H,4H2,1-3H3;3H2,1-2H3;1-2H3;2H2,(H,3,4). The van der Waals surface area contributed by atoms with Crippen molar-refractivity contribution in [3.8, 4) is 5.75 Å². The number of phenols is 1. The van der Waals surface area contributed by atoms with Crippen LogP contribution in [0.4, 0.5) is 4.79 Å². The van der Waals surface area contributed by atoms with Crippen molar-refractivity contribution in [3.63, 3.8) is 0 Å². The number of carboxylic acid groups (broad SMARTS) is 2. The predicted molar refractivity (Wildman–Crippen MR) is 159 cm³/mol. The summed E-state index contributed by atoms with van der Waals surface area (Å²) in [7, 11) is 0. The Labute approximate surface area is 234 Å². The third kappa shape index (κ3) is 23.3. The van der Waals surface area contributed by atoms with Crippen molar-refractivity contribution in [2.75, 3.05) is 0 Å². The fraction of sp³-hybridized carbons (Fsp3) is 0.500. The van der Waals surface area contributed by atoms with Crippen molar-refractivity contribution in [3.05, 3.63) is 64.7 Å². The number of aliphatic carboxylic acids is 1. The Bertz CT molecular complexity index is 944. The molecule has 2 aromatic rings. The summed E-state index contributed by atoms with van der Waals surface area (Å²) in [4.78, 5) is 31.7. The van der Waals surface area contributed by atoms with Crippen LogP contribution in [0.3, 0.4) is 0 Å². The van der Waals surface area contributed by atoms with Crippen LogP contribution in [0, 0.1) is 12.8 Å². The van der Waals surface area contributed by atoms with Crippen LogP contribution in [0.5, 0.6) is 5.75 Å². The molecule has 0 radical (unpaired) electrons. The molecule has 0 heterocycles. The molecule has 0 spiro atoms. The number of amides is 2. The van der Waals surface area contributed by atoms with Crippen LogP contribution in [0.15, 0.2) is 42.5 Å². The Hall–Kier alpha value is -3.59. The summed E-state index contributed by atoms with van der Waals surface area (Å²) in [5.41, 5.74) is 7.27. The van der Waals surface area contributed by atoms with Crippen LogP contribution < -0.4 is 16.4 Å². The van der Waals surface area contributed by atoms with E-state index in [0.29, 0.717) is 18.7 Å². The van der Waals surface area contributed by atoms with Crippen molar-refractivity contribution < 1.29 is 29.7 Å². The molecule has 1 atom stereocenters. The summed E-state index contributed by atoms with van der Waals surface area (Å²) < 4.78 is 0. The first-order chi connectivity index (χ1) is 18.3. The van der Waals surface area contributed by atoms with Gasteiger partial charge in [0.15, 0.2) is 0 Å². The minimum atomic E-state index is -1.33. The molecule has 0 aliphatic carbocycles. The Balaban J connectivity index is -0.000000772. The lowest BCUT2D eigenvalue weighted by atomic mass is 10.0. The van der Waals surface area contributed by atoms with Gasteiger partial charge in [-0.05, 0) is 54.7 Å². The second-order valence-electron chi connectivity index (χ2n) is 8.80. The number of primary amides is 1. The number of rotatable bonds is 8. The average molecular weight is 550 g/mol. The molecule has 222 valence electrons. The van der Waals surface area contributed by atoms with Gasteiger partial charge in [-0.3, -0.25) is 9.59 Å². The molecular formula is C30H51N3O6. The van der Waals surface area contributed by atoms with Crippen molar-refractivity contribution in [1.29, 1.82) is 0 Å². The Morgan fingerprint density at radius 3 is 1.74 bits per heavy atom. The fourth-order valence-corrected chi connectivity index (χ4v) is 2.44. The normalized spacial score (nSPS) is 10.0. The fourth-order valence-electron chi connectivity index (χ4n) is 2.44. The van der Waals surface area contributed by atoms with E-state index in [1.165, 1.54) is 19.8 Å². The minimum absolute atomic E-state index is 0.237. The van der Waals surface area contributed by atoms with Crippen molar-refractivity contribution >= 4 is 18.0 Å². The molecule has 0 fully saturated rings. The molecule has 0 saturated heterocycles. The first-order valence-corrected chi connectivity index (χ1v) is 13.4. The van der Waals surface area contributed by atoms with Crippen LogP contribution in [0.2, 0.25) is 0 Å². The molecule has 9 nitrogen and oxygen atoms in total. The number of hydrogen-bond acceptors (Lipinski definition) is 5. The molecule has 0 aliphatic heterocycles. The first kappa shape index (κ1) is 39.9. The zero-order valence-corrected chi connectivity index (χ0v) is 25.2. The summed E-state index contributed by atoms with van der Waals surface area (Å²) in [5.74, 6) is -0.346. The van der Waals surface area contributed by atoms with Crippen molar-refractivity contribution in [1.82, 2.24) is 10.6 Å². The summed E-state index contributed by atoms with van der Waals surface area (Å²) in [5, 5.41) is 31.2. The lowest BCUT2D eigenvalue weighted by Gasteiger charge is -2.12. The minimum Gasteiger partial charge on any atom is -0.508 e. The number of carbonyl (C=O) groups is 3. The van der Waals surface area contributed by atoms with Gasteiger partial charge < -0.3 is 31.7 Å². The Morgan fingerprint density at radius 1 is 0.897 bits per heavy atom. The maximum Gasteiger partial charge on any atom is 0.402 e. The first-order valence-electron chi connectivity index (χ1n) is 13.4. The topological polar surface area (TPSA) is 162 Å². The third-order valence-electron chi connectivity index (χ3n) is 4.64. The molecule has 0 aliphatic rings. The molecule has 0 aromatic heterocycles. The second kappa shape index (κ2) is 24.7. The number of aromatic hydroxyl groups is 1. The zero-order chi connectivity index (χ0) is 31.0. The van der Waals surface area contributed by atoms with Crippen LogP contribution in [0.1, 0.15) is 95.3 Å². The number of aryl methyl sites for hydroxylation is 1. The zero-order valence-electron chi connectivity index (χ0n) is 25.2. The van der Waals surface area contributed by atoms with Gasteiger partial charge in [0, 0.05) is 18.7 Å². The van der Waals surface area contributed by atoms with Crippen LogP contribution >= 0.6 is 0 Å². The van der Waals surface area contributed by atoms with E-state index in [9.17, 15) is 14.7 Å². The molecule has 9 heteroatoms. The van der Waals surface area contributed by atoms with E-state index in [2.05, 4.69) is 51.0 Å². The molecule has 0 bridgehead atoms. The van der Waals surface area contributed by atoms with Gasteiger partial charge >= 0.3 is 12.1 Å². The van der Waals surface area contributed by atoms with Gasteiger partial charge in [-0.25, -0.2) is 4.79 Å². The summed E-state index contributed by atoms with van der Waals surface area (Å²) in [6.45, 7) is 19.4. The number of nitrogens with one attached hydrogen (secondary N) is 2. The summed E-state index contributed by atoms with van der Waals surface area (Å²) >= 11 is 0. The molecular weight excluding hydrogens is 498 g/mol.